The molecule has 0 N–H and O–H groups in total. The summed E-state index contributed by atoms with van der Waals surface area (Å²) in [6, 6.07) is 8.04. The summed E-state index contributed by atoms with van der Waals surface area (Å²) in [6.07, 6.45) is 1.83. The van der Waals surface area contributed by atoms with Crippen LogP contribution in [0.25, 0.3) is 10.8 Å². The molecule has 2 aromatic rings. The molecule has 0 saturated carbocycles. The van der Waals surface area contributed by atoms with Gasteiger partial charge in [0.1, 0.15) is 11.6 Å². The first-order chi connectivity index (χ1) is 9.65. The molecule has 5 heteroatoms. The average Bonchev–Trinajstić information content (AvgIpc) is 2.46. The normalized spacial score (nSPS) is 12.4. The Kier molecular flexibility index (Phi) is 5.20. The van der Waals surface area contributed by atoms with Crippen LogP contribution >= 0.6 is 15.9 Å². The molecule has 0 radical (unpaired) electrons. The molecule has 0 spiro atoms. The van der Waals surface area contributed by atoms with Crippen molar-refractivity contribution in [1.82, 2.24) is 4.98 Å². The molecule has 0 bridgehead atoms. The van der Waals surface area contributed by atoms with Gasteiger partial charge in [-0.15, -0.1) is 0 Å². The van der Waals surface area contributed by atoms with Crippen molar-refractivity contribution in [3.63, 3.8) is 0 Å². The van der Waals surface area contributed by atoms with Crippen LogP contribution in [0, 0.1) is 0 Å². The second-order valence-corrected chi connectivity index (χ2v) is 5.95. The Morgan fingerprint density at radius 3 is 2.80 bits per heavy atom. The van der Waals surface area contributed by atoms with Crippen molar-refractivity contribution in [2.45, 2.75) is 4.83 Å². The summed E-state index contributed by atoms with van der Waals surface area (Å²) in [4.78, 5) is 6.89. The van der Waals surface area contributed by atoms with Crippen molar-refractivity contribution in [3.05, 3.63) is 30.5 Å². The fraction of sp³-hybridized carbons (Fsp3) is 0.400. The van der Waals surface area contributed by atoms with E-state index < -0.39 is 0 Å². The van der Waals surface area contributed by atoms with Gasteiger partial charge in [0.05, 0.1) is 18.5 Å². The molecule has 0 aliphatic rings. The average molecular weight is 339 g/mol. The van der Waals surface area contributed by atoms with Gasteiger partial charge in [-0.3, -0.25) is 0 Å². The summed E-state index contributed by atoms with van der Waals surface area (Å²) >= 11 is 3.61. The number of hydrogen-bond donors (Lipinski definition) is 0. The molecular formula is C15H19BrN2O2. The Labute approximate surface area is 127 Å². The molecular weight excluding hydrogens is 320 g/mol. The van der Waals surface area contributed by atoms with Crippen molar-refractivity contribution in [2.75, 3.05) is 39.3 Å². The maximum atomic E-state index is 5.30. The second kappa shape index (κ2) is 6.90. The van der Waals surface area contributed by atoms with Crippen LogP contribution in [0.4, 0.5) is 5.82 Å². The van der Waals surface area contributed by atoms with E-state index in [0.29, 0.717) is 6.61 Å². The zero-order valence-corrected chi connectivity index (χ0v) is 13.6. The summed E-state index contributed by atoms with van der Waals surface area (Å²) in [6.45, 7) is 1.48. The monoisotopic (exact) mass is 338 g/mol. The van der Waals surface area contributed by atoms with E-state index in [4.69, 9.17) is 9.47 Å². The zero-order valence-electron chi connectivity index (χ0n) is 12.0. The van der Waals surface area contributed by atoms with Crippen LogP contribution in [0.2, 0.25) is 0 Å². The first-order valence-corrected chi connectivity index (χ1v) is 7.34. The van der Waals surface area contributed by atoms with Crippen LogP contribution in [0.3, 0.4) is 0 Å². The van der Waals surface area contributed by atoms with E-state index in [-0.39, 0.29) is 4.83 Å². The number of alkyl halides is 1. The number of rotatable bonds is 6. The van der Waals surface area contributed by atoms with Crippen LogP contribution in [0.5, 0.6) is 5.75 Å². The number of halogens is 1. The SMILES string of the molecule is COCC(Br)CN(C)c1nccc2ccc(OC)cc12. The number of benzene rings is 1. The van der Waals surface area contributed by atoms with E-state index in [1.165, 1.54) is 0 Å². The fourth-order valence-corrected chi connectivity index (χ4v) is 2.88. The molecule has 4 nitrogen and oxygen atoms in total. The first kappa shape index (κ1) is 15.1. The molecule has 1 aromatic heterocycles. The van der Waals surface area contributed by atoms with E-state index in [1.807, 2.05) is 37.5 Å². The van der Waals surface area contributed by atoms with Gasteiger partial charge in [-0.2, -0.15) is 0 Å². The van der Waals surface area contributed by atoms with Gasteiger partial charge in [0.15, 0.2) is 0 Å². The summed E-state index contributed by atoms with van der Waals surface area (Å²) in [5.74, 6) is 1.79. The maximum absolute atomic E-state index is 5.30. The molecule has 0 aliphatic heterocycles. The summed E-state index contributed by atoms with van der Waals surface area (Å²) in [5, 5.41) is 2.24. The third-order valence-electron chi connectivity index (χ3n) is 3.13. The van der Waals surface area contributed by atoms with Gasteiger partial charge >= 0.3 is 0 Å². The maximum Gasteiger partial charge on any atom is 0.136 e. The number of fused-ring (bicyclic) bond motifs is 1. The Morgan fingerprint density at radius 1 is 1.30 bits per heavy atom. The van der Waals surface area contributed by atoms with Gasteiger partial charge in [0, 0.05) is 32.3 Å². The van der Waals surface area contributed by atoms with Gasteiger partial charge in [0.2, 0.25) is 0 Å². The Bertz CT molecular complexity index is 577. The molecule has 1 heterocycles. The zero-order chi connectivity index (χ0) is 14.5. The molecule has 1 unspecified atom stereocenters. The fourth-order valence-electron chi connectivity index (χ4n) is 2.18. The minimum Gasteiger partial charge on any atom is -0.497 e. The van der Waals surface area contributed by atoms with E-state index in [9.17, 15) is 0 Å². The largest absolute Gasteiger partial charge is 0.497 e. The van der Waals surface area contributed by atoms with Crippen LogP contribution in [-0.4, -0.2) is 44.2 Å². The van der Waals surface area contributed by atoms with Crippen molar-refractivity contribution in [2.24, 2.45) is 0 Å². The highest BCUT2D eigenvalue weighted by Gasteiger charge is 2.12. The number of methoxy groups -OCH3 is 2. The van der Waals surface area contributed by atoms with Gasteiger partial charge in [-0.05, 0) is 23.6 Å². The number of aromatic nitrogens is 1. The highest BCUT2D eigenvalue weighted by atomic mass is 79.9. The molecule has 1 aromatic carbocycles. The third-order valence-corrected chi connectivity index (χ3v) is 3.69. The number of hydrogen-bond acceptors (Lipinski definition) is 4. The standard InChI is InChI=1S/C15H19BrN2O2/c1-18(9-12(16)10-19-2)15-14-8-13(20-3)5-4-11(14)6-7-17-15/h4-8,12H,9-10H2,1-3H3. The molecule has 2 rings (SSSR count). The van der Waals surface area contributed by atoms with Crippen LogP contribution in [0.1, 0.15) is 0 Å². The van der Waals surface area contributed by atoms with E-state index in [0.717, 1.165) is 28.9 Å². The third kappa shape index (κ3) is 3.41. The predicted octanol–water partition coefficient (Wildman–Crippen LogP) is 3.09. The van der Waals surface area contributed by atoms with Crippen LogP contribution in [0.15, 0.2) is 30.5 Å². The second-order valence-electron chi connectivity index (χ2n) is 4.65. The van der Waals surface area contributed by atoms with Crippen LogP contribution < -0.4 is 9.64 Å². The van der Waals surface area contributed by atoms with E-state index >= 15 is 0 Å². The minimum absolute atomic E-state index is 0.264. The predicted molar refractivity (Wildman–Crippen MR) is 86.2 cm³/mol. The lowest BCUT2D eigenvalue weighted by Gasteiger charge is -2.22. The van der Waals surface area contributed by atoms with Crippen LogP contribution in [-0.2, 0) is 4.74 Å². The Balaban J connectivity index is 2.32. The lowest BCUT2D eigenvalue weighted by Crippen LogP contribution is -2.28. The van der Waals surface area contributed by atoms with E-state index in [1.54, 1.807) is 14.2 Å². The summed E-state index contributed by atoms with van der Waals surface area (Å²) in [5.41, 5.74) is 0. The number of pyridine rings is 1. The molecule has 108 valence electrons. The van der Waals surface area contributed by atoms with Crippen molar-refractivity contribution in [1.29, 1.82) is 0 Å². The highest BCUT2D eigenvalue weighted by molar-refractivity contribution is 9.09. The Morgan fingerprint density at radius 2 is 2.10 bits per heavy atom. The van der Waals surface area contributed by atoms with Crippen molar-refractivity contribution < 1.29 is 9.47 Å². The summed E-state index contributed by atoms with van der Waals surface area (Å²) < 4.78 is 10.5. The lowest BCUT2D eigenvalue weighted by molar-refractivity contribution is 0.201. The topological polar surface area (TPSA) is 34.6 Å². The molecule has 0 amide bonds. The van der Waals surface area contributed by atoms with Crippen molar-refractivity contribution >= 4 is 32.5 Å². The quantitative estimate of drug-likeness (QED) is 0.758. The molecule has 0 saturated heterocycles. The summed E-state index contributed by atoms with van der Waals surface area (Å²) in [7, 11) is 5.41. The van der Waals surface area contributed by atoms with Gasteiger partial charge in [0.25, 0.3) is 0 Å². The van der Waals surface area contributed by atoms with Gasteiger partial charge < -0.3 is 14.4 Å². The molecule has 0 aliphatic carbocycles. The molecule has 0 fully saturated rings. The smallest absolute Gasteiger partial charge is 0.136 e. The number of nitrogens with zero attached hydrogens (tertiary/aromatic N) is 2. The highest BCUT2D eigenvalue weighted by Crippen LogP contribution is 2.27. The minimum atomic E-state index is 0.264. The molecule has 20 heavy (non-hydrogen) atoms. The van der Waals surface area contributed by atoms with E-state index in [2.05, 4.69) is 25.8 Å². The Hall–Kier alpha value is -1.33. The number of ether oxygens (including phenoxy) is 2. The van der Waals surface area contributed by atoms with Crippen molar-refractivity contribution in [3.8, 4) is 5.75 Å². The molecule has 1 atom stereocenters. The lowest BCUT2D eigenvalue weighted by atomic mass is 10.1. The first-order valence-electron chi connectivity index (χ1n) is 6.42. The van der Waals surface area contributed by atoms with Gasteiger partial charge in [-0.25, -0.2) is 4.98 Å². The van der Waals surface area contributed by atoms with Gasteiger partial charge in [-0.1, -0.05) is 22.0 Å². The number of anilines is 1.